The summed E-state index contributed by atoms with van der Waals surface area (Å²) < 4.78 is 6.90. The van der Waals surface area contributed by atoms with Crippen LogP contribution in [-0.2, 0) is 21.8 Å². The van der Waals surface area contributed by atoms with Gasteiger partial charge in [-0.05, 0) is 42.7 Å². The van der Waals surface area contributed by atoms with Gasteiger partial charge in [0, 0.05) is 42.9 Å². The predicted molar refractivity (Wildman–Crippen MR) is 121 cm³/mol. The third-order valence-electron chi connectivity index (χ3n) is 5.18. The van der Waals surface area contributed by atoms with Crippen molar-refractivity contribution in [1.82, 2.24) is 9.55 Å². The van der Waals surface area contributed by atoms with Crippen molar-refractivity contribution in [2.24, 2.45) is 0 Å². The molecule has 7 heteroatoms. The number of amides is 1. The lowest BCUT2D eigenvalue weighted by Gasteiger charge is -2.21. The Hall–Kier alpha value is -2.64. The van der Waals surface area contributed by atoms with E-state index >= 15 is 0 Å². The van der Waals surface area contributed by atoms with E-state index in [0.717, 1.165) is 37.5 Å². The lowest BCUT2D eigenvalue weighted by molar-refractivity contribution is -0.116. The maximum absolute atomic E-state index is 12.5. The Morgan fingerprint density at radius 1 is 1.17 bits per heavy atom. The average molecular weight is 424 g/mol. The lowest BCUT2D eigenvalue weighted by atomic mass is 10.2. The van der Waals surface area contributed by atoms with E-state index in [4.69, 9.17) is 4.74 Å². The van der Waals surface area contributed by atoms with Crippen molar-refractivity contribution in [2.75, 3.05) is 18.5 Å². The van der Waals surface area contributed by atoms with Gasteiger partial charge in [0.2, 0.25) is 5.91 Å². The van der Waals surface area contributed by atoms with Crippen LogP contribution in [-0.4, -0.2) is 33.9 Å². The van der Waals surface area contributed by atoms with Crippen molar-refractivity contribution >= 4 is 34.3 Å². The Kier molecular flexibility index (Phi) is 6.81. The third kappa shape index (κ3) is 5.29. The molecule has 156 valence electrons. The molecule has 2 aromatic carbocycles. The molecule has 0 saturated carbocycles. The van der Waals surface area contributed by atoms with Gasteiger partial charge in [0.05, 0.1) is 17.2 Å². The molecule has 0 spiro atoms. The molecule has 1 aliphatic heterocycles. The Labute approximate surface area is 179 Å². The minimum atomic E-state index is -0.125. The molecule has 0 radical (unpaired) electrons. The molecular weight excluding hydrogens is 398 g/mol. The predicted octanol–water partition coefficient (Wildman–Crippen LogP) is 3.84. The van der Waals surface area contributed by atoms with Crippen LogP contribution in [0.4, 0.5) is 5.69 Å². The molecule has 1 saturated heterocycles. The fourth-order valence-electron chi connectivity index (χ4n) is 3.51. The first-order valence-corrected chi connectivity index (χ1v) is 11.3. The zero-order chi connectivity index (χ0) is 20.8. The summed E-state index contributed by atoms with van der Waals surface area (Å²) in [6, 6.07) is 15.2. The quantitative estimate of drug-likeness (QED) is 0.625. The van der Waals surface area contributed by atoms with Gasteiger partial charge < -0.3 is 10.1 Å². The number of benzene rings is 2. The van der Waals surface area contributed by atoms with Gasteiger partial charge >= 0.3 is 0 Å². The molecule has 3 aromatic rings. The number of aromatic nitrogens is 2. The van der Waals surface area contributed by atoms with Crippen molar-refractivity contribution in [3.63, 3.8) is 0 Å². The van der Waals surface area contributed by atoms with E-state index in [9.17, 15) is 9.59 Å². The van der Waals surface area contributed by atoms with E-state index in [-0.39, 0.29) is 17.9 Å². The van der Waals surface area contributed by atoms with Gasteiger partial charge in [-0.25, -0.2) is 4.98 Å². The number of nitrogens with one attached hydrogen (secondary N) is 1. The van der Waals surface area contributed by atoms with E-state index in [2.05, 4.69) is 16.4 Å². The van der Waals surface area contributed by atoms with E-state index in [1.165, 1.54) is 16.5 Å². The molecule has 1 aliphatic rings. The molecule has 30 heavy (non-hydrogen) atoms. The summed E-state index contributed by atoms with van der Waals surface area (Å²) >= 11 is 1.95. The number of nitrogens with zero attached hydrogens (tertiary/aromatic N) is 2. The summed E-state index contributed by atoms with van der Waals surface area (Å²) in [4.78, 5) is 29.2. The van der Waals surface area contributed by atoms with Crippen molar-refractivity contribution in [2.45, 2.75) is 36.8 Å². The number of carbonyl (C=O) groups excluding carboxylic acids is 1. The minimum absolute atomic E-state index is 0.121. The fourth-order valence-corrected chi connectivity index (χ4v) is 4.64. The van der Waals surface area contributed by atoms with Gasteiger partial charge in [-0.15, -0.1) is 0 Å². The number of rotatable bonds is 7. The molecule has 1 N–H and O–H groups in total. The molecule has 1 amide bonds. The summed E-state index contributed by atoms with van der Waals surface area (Å²) in [5, 5.41) is 4.15. The highest BCUT2D eigenvalue weighted by atomic mass is 32.2. The minimum Gasteiger partial charge on any atom is -0.381 e. The molecule has 0 unspecified atom stereocenters. The molecule has 0 atom stereocenters. The number of fused-ring (bicyclic) bond motifs is 1. The second-order valence-electron chi connectivity index (χ2n) is 7.38. The maximum Gasteiger partial charge on any atom is 0.261 e. The van der Waals surface area contributed by atoms with E-state index in [1.807, 2.05) is 42.1 Å². The van der Waals surface area contributed by atoms with Gasteiger partial charge in [0.15, 0.2) is 0 Å². The van der Waals surface area contributed by atoms with Crippen LogP contribution in [0, 0.1) is 0 Å². The highest BCUT2D eigenvalue weighted by molar-refractivity contribution is 7.99. The smallest absolute Gasteiger partial charge is 0.261 e. The second kappa shape index (κ2) is 9.91. The first kappa shape index (κ1) is 20.6. The molecule has 4 rings (SSSR count). The second-order valence-corrected chi connectivity index (χ2v) is 8.67. The SMILES string of the molecule is O=C(CCn1cnc2ccccc2c1=O)Nc1cccc(CSC2CCOCC2)c1. The zero-order valence-corrected chi connectivity index (χ0v) is 17.6. The van der Waals surface area contributed by atoms with Crippen LogP contribution in [0.3, 0.4) is 0 Å². The molecule has 0 aliphatic carbocycles. The van der Waals surface area contributed by atoms with Gasteiger partial charge in [-0.3, -0.25) is 14.2 Å². The molecule has 2 heterocycles. The van der Waals surface area contributed by atoms with Crippen molar-refractivity contribution in [1.29, 1.82) is 0 Å². The van der Waals surface area contributed by atoms with Crippen LogP contribution in [0.5, 0.6) is 0 Å². The number of thioether (sulfide) groups is 1. The largest absolute Gasteiger partial charge is 0.381 e. The number of carbonyl (C=O) groups is 1. The van der Waals surface area contributed by atoms with Crippen molar-refractivity contribution in [3.8, 4) is 0 Å². The third-order valence-corrected chi connectivity index (χ3v) is 6.62. The Balaban J connectivity index is 1.32. The number of para-hydroxylation sites is 1. The van der Waals surface area contributed by atoms with Crippen molar-refractivity contribution < 1.29 is 9.53 Å². The molecular formula is C23H25N3O3S. The van der Waals surface area contributed by atoms with Gasteiger partial charge in [-0.1, -0.05) is 24.3 Å². The number of hydrogen-bond donors (Lipinski definition) is 1. The Morgan fingerprint density at radius 3 is 2.87 bits per heavy atom. The average Bonchev–Trinajstić information content (AvgIpc) is 2.78. The van der Waals surface area contributed by atoms with Crippen LogP contribution in [0.2, 0.25) is 0 Å². The van der Waals surface area contributed by atoms with Crippen LogP contribution in [0.15, 0.2) is 59.7 Å². The van der Waals surface area contributed by atoms with Crippen molar-refractivity contribution in [3.05, 3.63) is 70.8 Å². The zero-order valence-electron chi connectivity index (χ0n) is 16.8. The van der Waals surface area contributed by atoms with Crippen LogP contribution < -0.4 is 10.9 Å². The van der Waals surface area contributed by atoms with Crippen LogP contribution in [0.1, 0.15) is 24.8 Å². The molecule has 6 nitrogen and oxygen atoms in total. The monoisotopic (exact) mass is 423 g/mol. The first-order valence-electron chi connectivity index (χ1n) is 10.2. The summed E-state index contributed by atoms with van der Waals surface area (Å²) in [6.45, 7) is 1.99. The fraction of sp³-hybridized carbons (Fsp3) is 0.348. The standard InChI is InChI=1S/C23H25N3O3S/c27-22(8-11-26-16-24-21-7-2-1-6-20(21)23(26)28)25-18-5-3-4-17(14-18)15-30-19-9-12-29-13-10-19/h1-7,14,16,19H,8-13,15H2,(H,25,27). The Bertz CT molecular complexity index is 1080. The topological polar surface area (TPSA) is 73.2 Å². The highest BCUT2D eigenvalue weighted by Gasteiger charge is 2.14. The number of anilines is 1. The van der Waals surface area contributed by atoms with E-state index in [1.54, 1.807) is 12.1 Å². The molecule has 1 aromatic heterocycles. The summed E-state index contributed by atoms with van der Waals surface area (Å²) in [5.74, 6) is 0.802. The normalized spacial score (nSPS) is 14.7. The van der Waals surface area contributed by atoms with Crippen LogP contribution >= 0.6 is 11.8 Å². The number of hydrogen-bond acceptors (Lipinski definition) is 5. The molecule has 1 fully saturated rings. The highest BCUT2D eigenvalue weighted by Crippen LogP contribution is 2.26. The van der Waals surface area contributed by atoms with Gasteiger partial charge in [0.1, 0.15) is 0 Å². The van der Waals surface area contributed by atoms with Gasteiger partial charge in [-0.2, -0.15) is 11.8 Å². The first-order chi connectivity index (χ1) is 14.7. The Morgan fingerprint density at radius 2 is 2.00 bits per heavy atom. The molecule has 0 bridgehead atoms. The maximum atomic E-state index is 12.5. The lowest BCUT2D eigenvalue weighted by Crippen LogP contribution is -2.23. The number of aryl methyl sites for hydroxylation is 1. The van der Waals surface area contributed by atoms with E-state index in [0.29, 0.717) is 22.7 Å². The van der Waals surface area contributed by atoms with Crippen LogP contribution in [0.25, 0.3) is 10.9 Å². The number of ether oxygens (including phenoxy) is 1. The summed E-state index contributed by atoms with van der Waals surface area (Å²) in [5.41, 5.74) is 2.52. The summed E-state index contributed by atoms with van der Waals surface area (Å²) in [6.07, 6.45) is 3.92. The van der Waals surface area contributed by atoms with Gasteiger partial charge in [0.25, 0.3) is 5.56 Å². The summed E-state index contributed by atoms with van der Waals surface area (Å²) in [7, 11) is 0. The van der Waals surface area contributed by atoms with E-state index < -0.39 is 0 Å².